The van der Waals surface area contributed by atoms with E-state index in [2.05, 4.69) is 15.6 Å². The summed E-state index contributed by atoms with van der Waals surface area (Å²) in [4.78, 5) is 30.0. The minimum absolute atomic E-state index is 0.0528. The highest BCUT2D eigenvalue weighted by atomic mass is 16.5. The summed E-state index contributed by atoms with van der Waals surface area (Å²) < 4.78 is 18.6. The molecular weight excluding hydrogens is 436 g/mol. The lowest BCUT2D eigenvalue weighted by Crippen LogP contribution is -2.32. The fourth-order valence-corrected chi connectivity index (χ4v) is 4.21. The molecule has 0 saturated carbocycles. The molecule has 0 radical (unpaired) electrons. The van der Waals surface area contributed by atoms with Crippen molar-refractivity contribution in [3.05, 3.63) is 59.9 Å². The number of fused-ring (bicyclic) bond motifs is 7. The molecule has 9 nitrogen and oxygen atoms in total. The number of ether oxygens (including phenoxy) is 3. The molecule has 2 aromatic carbocycles. The molecule has 5 rings (SSSR count). The Hall–Kier alpha value is -3.85. The number of aromatic nitrogens is 2. The molecule has 0 aliphatic carbocycles. The van der Waals surface area contributed by atoms with Crippen molar-refractivity contribution in [1.82, 2.24) is 20.2 Å². The van der Waals surface area contributed by atoms with E-state index in [1.165, 1.54) is 0 Å². The van der Waals surface area contributed by atoms with Gasteiger partial charge in [-0.1, -0.05) is 0 Å². The van der Waals surface area contributed by atoms with E-state index in [4.69, 9.17) is 14.2 Å². The van der Waals surface area contributed by atoms with Gasteiger partial charge in [0.05, 0.1) is 13.2 Å². The van der Waals surface area contributed by atoms with Crippen LogP contribution in [0.4, 0.5) is 0 Å². The zero-order chi connectivity index (χ0) is 23.5. The number of amides is 2. The first-order valence-electron chi connectivity index (χ1n) is 11.3. The topological polar surface area (TPSA) is 104 Å². The van der Waals surface area contributed by atoms with Gasteiger partial charge in [0.15, 0.2) is 18.1 Å². The van der Waals surface area contributed by atoms with E-state index in [9.17, 15) is 9.59 Å². The number of carbonyl (C=O) groups excluding carboxylic acids is 2. The van der Waals surface area contributed by atoms with E-state index in [-0.39, 0.29) is 31.1 Å². The van der Waals surface area contributed by atoms with Crippen molar-refractivity contribution >= 4 is 11.8 Å². The summed E-state index contributed by atoms with van der Waals surface area (Å²) in [6.07, 6.45) is 5.56. The van der Waals surface area contributed by atoms with Crippen LogP contribution in [-0.2, 0) is 16.1 Å². The quantitative estimate of drug-likeness (QED) is 0.618. The first-order valence-corrected chi connectivity index (χ1v) is 11.3. The van der Waals surface area contributed by atoms with Crippen LogP contribution in [0.15, 0.2) is 48.8 Å². The molecule has 2 aliphatic rings. The van der Waals surface area contributed by atoms with Gasteiger partial charge in [-0.2, -0.15) is 0 Å². The predicted molar refractivity (Wildman–Crippen MR) is 124 cm³/mol. The lowest BCUT2D eigenvalue weighted by molar-refractivity contribution is -0.123. The van der Waals surface area contributed by atoms with Gasteiger partial charge in [0, 0.05) is 48.9 Å². The molecule has 9 heteroatoms. The number of carbonyl (C=O) groups is 2. The minimum atomic E-state index is -0.278. The van der Waals surface area contributed by atoms with Gasteiger partial charge >= 0.3 is 0 Å². The lowest BCUT2D eigenvalue weighted by Gasteiger charge is -2.15. The van der Waals surface area contributed by atoms with Crippen LogP contribution in [0.2, 0.25) is 0 Å². The monoisotopic (exact) mass is 462 g/mol. The second-order valence-electron chi connectivity index (χ2n) is 8.29. The van der Waals surface area contributed by atoms with Crippen molar-refractivity contribution in [2.45, 2.75) is 25.5 Å². The summed E-state index contributed by atoms with van der Waals surface area (Å²) in [6, 6.07) is 11.0. The standard InChI is InChI=1S/C25H26N4O5/c1-32-21-5-4-17-12-22(21)34-15-23(30)27-13-16-9-18(25(31)28-14-20-3-2-8-33-20)11-19(10-16)29-7-6-26-24(17)29/h4-7,9-12,20H,2-3,8,13-15H2,1H3,(H,27,30)(H,28,31). The summed E-state index contributed by atoms with van der Waals surface area (Å²) in [7, 11) is 1.55. The van der Waals surface area contributed by atoms with Gasteiger partial charge in [-0.3, -0.25) is 14.2 Å². The normalized spacial score (nSPS) is 17.3. The van der Waals surface area contributed by atoms with Crippen LogP contribution in [-0.4, -0.2) is 54.3 Å². The van der Waals surface area contributed by atoms with Crippen LogP contribution in [0.25, 0.3) is 17.1 Å². The van der Waals surface area contributed by atoms with Crippen LogP contribution >= 0.6 is 0 Å². The molecule has 2 N–H and O–H groups in total. The zero-order valence-corrected chi connectivity index (χ0v) is 18.9. The summed E-state index contributed by atoms with van der Waals surface area (Å²) in [5.41, 5.74) is 2.84. The van der Waals surface area contributed by atoms with Crippen molar-refractivity contribution in [1.29, 1.82) is 0 Å². The van der Waals surface area contributed by atoms with Crippen molar-refractivity contribution < 1.29 is 23.8 Å². The molecule has 3 aromatic rings. The molecule has 1 saturated heterocycles. The Labute approximate surface area is 197 Å². The number of hydrogen-bond acceptors (Lipinski definition) is 6. The Balaban J connectivity index is 1.53. The molecule has 1 unspecified atom stereocenters. The van der Waals surface area contributed by atoms with Crippen LogP contribution in [0.3, 0.4) is 0 Å². The highest BCUT2D eigenvalue weighted by Gasteiger charge is 2.19. The maximum atomic E-state index is 13.0. The van der Waals surface area contributed by atoms with E-state index < -0.39 is 0 Å². The Bertz CT molecular complexity index is 1220. The van der Waals surface area contributed by atoms with Gasteiger partial charge in [-0.25, -0.2) is 4.98 Å². The van der Waals surface area contributed by atoms with E-state index in [0.29, 0.717) is 29.4 Å². The first-order chi connectivity index (χ1) is 16.6. The lowest BCUT2D eigenvalue weighted by atomic mass is 10.1. The maximum absolute atomic E-state index is 13.0. The molecular formula is C25H26N4O5. The molecule has 1 atom stereocenters. The Morgan fingerprint density at radius 2 is 2.21 bits per heavy atom. The Morgan fingerprint density at radius 3 is 3.03 bits per heavy atom. The minimum Gasteiger partial charge on any atom is -0.493 e. The SMILES string of the molecule is COc1ccc2cc1OCC(=O)NCc1cc(C(=O)NCC3CCCO3)cc(c1)-n1ccnc1-2. The van der Waals surface area contributed by atoms with Crippen LogP contribution < -0.4 is 20.1 Å². The predicted octanol–water partition coefficient (Wildman–Crippen LogP) is 2.47. The van der Waals surface area contributed by atoms with Crippen LogP contribution in [0, 0.1) is 0 Å². The van der Waals surface area contributed by atoms with Gasteiger partial charge < -0.3 is 24.8 Å². The molecule has 3 heterocycles. The fourth-order valence-electron chi connectivity index (χ4n) is 4.21. The third kappa shape index (κ3) is 4.60. The number of hydrogen-bond donors (Lipinski definition) is 2. The second kappa shape index (κ2) is 9.56. The summed E-state index contributed by atoms with van der Waals surface area (Å²) in [5.74, 6) is 1.18. The number of nitrogens with zero attached hydrogens (tertiary/aromatic N) is 2. The summed E-state index contributed by atoms with van der Waals surface area (Å²) in [6.45, 7) is 1.29. The Morgan fingerprint density at radius 1 is 1.29 bits per heavy atom. The summed E-state index contributed by atoms with van der Waals surface area (Å²) >= 11 is 0. The average molecular weight is 463 g/mol. The highest BCUT2D eigenvalue weighted by Crippen LogP contribution is 2.33. The molecule has 176 valence electrons. The van der Waals surface area contributed by atoms with E-state index in [0.717, 1.165) is 36.3 Å². The third-order valence-electron chi connectivity index (χ3n) is 5.94. The van der Waals surface area contributed by atoms with E-state index in [1.54, 1.807) is 31.5 Å². The highest BCUT2D eigenvalue weighted by molar-refractivity contribution is 5.95. The molecule has 0 spiro atoms. The molecule has 2 amide bonds. The molecule has 2 aliphatic heterocycles. The first kappa shape index (κ1) is 22.0. The average Bonchev–Trinajstić information content (AvgIpc) is 3.56. The third-order valence-corrected chi connectivity index (χ3v) is 5.94. The van der Waals surface area contributed by atoms with Gasteiger partial charge in [0.1, 0.15) is 5.82 Å². The van der Waals surface area contributed by atoms with Crippen molar-refractivity contribution in [3.63, 3.8) is 0 Å². The number of methoxy groups -OCH3 is 1. The van der Waals surface area contributed by atoms with Gasteiger partial charge in [-0.15, -0.1) is 0 Å². The number of benzene rings is 2. The van der Waals surface area contributed by atoms with Gasteiger partial charge in [0.2, 0.25) is 0 Å². The maximum Gasteiger partial charge on any atom is 0.258 e. The molecule has 4 bridgehead atoms. The van der Waals surface area contributed by atoms with Crippen molar-refractivity contribution in [2.24, 2.45) is 0 Å². The van der Waals surface area contributed by atoms with E-state index >= 15 is 0 Å². The Kier molecular flexibility index (Phi) is 6.18. The molecule has 1 fully saturated rings. The van der Waals surface area contributed by atoms with E-state index in [1.807, 2.05) is 29.0 Å². The zero-order valence-electron chi connectivity index (χ0n) is 18.9. The fraction of sp³-hybridized carbons (Fsp3) is 0.320. The van der Waals surface area contributed by atoms with Gasteiger partial charge in [-0.05, 0) is 54.8 Å². The number of rotatable bonds is 4. The second-order valence-corrected chi connectivity index (χ2v) is 8.29. The smallest absolute Gasteiger partial charge is 0.258 e. The summed E-state index contributed by atoms with van der Waals surface area (Å²) in [5, 5.41) is 5.83. The van der Waals surface area contributed by atoms with Gasteiger partial charge in [0.25, 0.3) is 11.8 Å². The molecule has 34 heavy (non-hydrogen) atoms. The largest absolute Gasteiger partial charge is 0.493 e. The molecule has 1 aromatic heterocycles. The van der Waals surface area contributed by atoms with Crippen LogP contribution in [0.5, 0.6) is 11.5 Å². The number of nitrogens with one attached hydrogen (secondary N) is 2. The van der Waals surface area contributed by atoms with Crippen molar-refractivity contribution in [3.8, 4) is 28.6 Å². The van der Waals surface area contributed by atoms with Crippen LogP contribution in [0.1, 0.15) is 28.8 Å². The van der Waals surface area contributed by atoms with Crippen molar-refractivity contribution in [2.75, 3.05) is 26.9 Å². The number of imidazole rings is 1.